The third-order valence-corrected chi connectivity index (χ3v) is 4.71. The summed E-state index contributed by atoms with van der Waals surface area (Å²) in [4.78, 5) is 22.5. The Labute approximate surface area is 195 Å². The summed E-state index contributed by atoms with van der Waals surface area (Å²) < 4.78 is 21.6. The number of unbranched alkanes of at least 4 members (excludes halogenated alkanes) is 6. The van der Waals surface area contributed by atoms with E-state index < -0.39 is 11.9 Å². The van der Waals surface area contributed by atoms with Crippen LogP contribution >= 0.6 is 0 Å². The number of carbonyl (C=O) groups is 2. The first-order chi connectivity index (χ1) is 16.1. The van der Waals surface area contributed by atoms with Crippen LogP contribution in [0.2, 0.25) is 0 Å². The van der Waals surface area contributed by atoms with Crippen LogP contribution in [-0.4, -0.2) is 25.2 Å². The van der Waals surface area contributed by atoms with Gasteiger partial charge >= 0.3 is 11.9 Å². The van der Waals surface area contributed by atoms with Gasteiger partial charge in [0, 0.05) is 24.3 Å². The molecule has 0 amide bonds. The van der Waals surface area contributed by atoms with Crippen molar-refractivity contribution in [2.75, 3.05) is 13.2 Å². The van der Waals surface area contributed by atoms with Gasteiger partial charge < -0.3 is 18.9 Å². The van der Waals surface area contributed by atoms with Crippen LogP contribution in [0.5, 0.6) is 23.0 Å². The summed E-state index contributed by atoms with van der Waals surface area (Å²) in [6, 6.07) is 14.1. The molecule has 0 atom stereocenters. The molecular weight excluding hydrogens is 420 g/mol. The Hall–Kier alpha value is -3.54. The van der Waals surface area contributed by atoms with Gasteiger partial charge in [0.15, 0.2) is 0 Å². The molecular formula is C27H32O6. The van der Waals surface area contributed by atoms with E-state index in [1.165, 1.54) is 6.42 Å². The van der Waals surface area contributed by atoms with E-state index in [0.717, 1.165) is 50.7 Å². The number of hydrogen-bond acceptors (Lipinski definition) is 6. The van der Waals surface area contributed by atoms with E-state index in [9.17, 15) is 9.59 Å². The van der Waals surface area contributed by atoms with Crippen molar-refractivity contribution in [1.29, 1.82) is 0 Å². The van der Waals surface area contributed by atoms with Crippen molar-refractivity contribution in [3.8, 4) is 23.0 Å². The first kappa shape index (κ1) is 25.7. The molecule has 2 rings (SSSR count). The van der Waals surface area contributed by atoms with Crippen molar-refractivity contribution in [1.82, 2.24) is 0 Å². The van der Waals surface area contributed by atoms with Crippen molar-refractivity contribution in [2.24, 2.45) is 0 Å². The van der Waals surface area contributed by atoms with Gasteiger partial charge in [-0.2, -0.15) is 0 Å². The van der Waals surface area contributed by atoms with E-state index in [4.69, 9.17) is 18.9 Å². The van der Waals surface area contributed by atoms with E-state index in [1.807, 2.05) is 12.1 Å². The van der Waals surface area contributed by atoms with E-state index >= 15 is 0 Å². The molecule has 33 heavy (non-hydrogen) atoms. The van der Waals surface area contributed by atoms with Crippen molar-refractivity contribution >= 4 is 11.9 Å². The maximum atomic E-state index is 11.2. The second-order valence-corrected chi connectivity index (χ2v) is 7.37. The molecule has 176 valence electrons. The lowest BCUT2D eigenvalue weighted by Gasteiger charge is -2.08. The standard InChI is InChI=1S/C27H32O6/c1-3-26(28)32-24-16-12-14-22(20-24)30-18-10-8-6-5-7-9-11-19-31-23-15-13-17-25(21-23)33-27(29)4-2/h3-4,12-17,20-21H,1-2,5-11,18-19H2. The highest BCUT2D eigenvalue weighted by Crippen LogP contribution is 2.21. The largest absolute Gasteiger partial charge is 0.493 e. The molecule has 0 radical (unpaired) electrons. The van der Waals surface area contributed by atoms with E-state index in [0.29, 0.717) is 36.2 Å². The van der Waals surface area contributed by atoms with Gasteiger partial charge in [0.2, 0.25) is 0 Å². The number of hydrogen-bond donors (Lipinski definition) is 0. The summed E-state index contributed by atoms with van der Waals surface area (Å²) in [5.41, 5.74) is 0. The van der Waals surface area contributed by atoms with Gasteiger partial charge in [0.1, 0.15) is 23.0 Å². The van der Waals surface area contributed by atoms with Crippen molar-refractivity contribution in [3.63, 3.8) is 0 Å². The molecule has 0 unspecified atom stereocenters. The topological polar surface area (TPSA) is 71.1 Å². The Morgan fingerprint density at radius 2 is 0.970 bits per heavy atom. The summed E-state index contributed by atoms with van der Waals surface area (Å²) in [5.74, 6) is 1.30. The van der Waals surface area contributed by atoms with Gasteiger partial charge in [-0.25, -0.2) is 9.59 Å². The third kappa shape index (κ3) is 11.1. The highest BCUT2D eigenvalue weighted by atomic mass is 16.5. The lowest BCUT2D eigenvalue weighted by Crippen LogP contribution is -2.03. The Kier molecular flexibility index (Phi) is 11.9. The molecule has 6 nitrogen and oxygen atoms in total. The molecule has 0 heterocycles. The minimum absolute atomic E-state index is 0.449. The smallest absolute Gasteiger partial charge is 0.335 e. The van der Waals surface area contributed by atoms with Crippen LogP contribution < -0.4 is 18.9 Å². The van der Waals surface area contributed by atoms with Crippen LogP contribution in [-0.2, 0) is 9.59 Å². The van der Waals surface area contributed by atoms with Gasteiger partial charge in [0.25, 0.3) is 0 Å². The van der Waals surface area contributed by atoms with E-state index in [2.05, 4.69) is 13.2 Å². The first-order valence-corrected chi connectivity index (χ1v) is 11.2. The minimum atomic E-state index is -0.487. The maximum absolute atomic E-state index is 11.2. The summed E-state index contributed by atoms with van der Waals surface area (Å²) in [5, 5.41) is 0. The molecule has 0 aliphatic heterocycles. The number of benzene rings is 2. The molecule has 0 aliphatic rings. The Balaban J connectivity index is 1.48. The van der Waals surface area contributed by atoms with E-state index in [-0.39, 0.29) is 0 Å². The molecule has 6 heteroatoms. The molecule has 0 saturated carbocycles. The molecule has 0 spiro atoms. The maximum Gasteiger partial charge on any atom is 0.335 e. The molecule has 0 fully saturated rings. The van der Waals surface area contributed by atoms with Gasteiger partial charge in [-0.05, 0) is 37.1 Å². The predicted octanol–water partition coefficient (Wildman–Crippen LogP) is 6.06. The van der Waals surface area contributed by atoms with Crippen LogP contribution in [0.4, 0.5) is 0 Å². The average Bonchev–Trinajstić information content (AvgIpc) is 2.82. The van der Waals surface area contributed by atoms with Crippen molar-refractivity contribution in [3.05, 3.63) is 73.8 Å². The average molecular weight is 453 g/mol. The number of rotatable bonds is 16. The fourth-order valence-corrected chi connectivity index (χ4v) is 3.04. The molecule has 0 aliphatic carbocycles. The molecule has 0 bridgehead atoms. The Morgan fingerprint density at radius 3 is 1.36 bits per heavy atom. The van der Waals surface area contributed by atoms with Crippen LogP contribution in [0.15, 0.2) is 73.8 Å². The van der Waals surface area contributed by atoms with Gasteiger partial charge in [-0.3, -0.25) is 0 Å². The van der Waals surface area contributed by atoms with Gasteiger partial charge in [-0.15, -0.1) is 0 Å². The molecule has 2 aromatic rings. The zero-order valence-corrected chi connectivity index (χ0v) is 19.0. The quantitative estimate of drug-likeness (QED) is 0.133. The second kappa shape index (κ2) is 15.3. The fourth-order valence-electron chi connectivity index (χ4n) is 3.04. The number of ether oxygens (including phenoxy) is 4. The fraction of sp³-hybridized carbons (Fsp3) is 0.333. The zero-order chi connectivity index (χ0) is 23.7. The first-order valence-electron chi connectivity index (χ1n) is 11.2. The van der Waals surface area contributed by atoms with Gasteiger partial charge in [0.05, 0.1) is 13.2 Å². The lowest BCUT2D eigenvalue weighted by atomic mass is 10.1. The van der Waals surface area contributed by atoms with Crippen molar-refractivity contribution in [2.45, 2.75) is 44.9 Å². The molecule has 0 aromatic heterocycles. The summed E-state index contributed by atoms with van der Waals surface area (Å²) >= 11 is 0. The van der Waals surface area contributed by atoms with Crippen LogP contribution in [0.1, 0.15) is 44.9 Å². The molecule has 0 N–H and O–H groups in total. The highest BCUT2D eigenvalue weighted by Gasteiger charge is 2.03. The number of esters is 2. The predicted molar refractivity (Wildman–Crippen MR) is 128 cm³/mol. The normalized spacial score (nSPS) is 10.2. The zero-order valence-electron chi connectivity index (χ0n) is 19.0. The summed E-state index contributed by atoms with van der Waals surface area (Å²) in [7, 11) is 0. The molecule has 2 aromatic carbocycles. The minimum Gasteiger partial charge on any atom is -0.493 e. The lowest BCUT2D eigenvalue weighted by molar-refractivity contribution is -0.129. The Bertz CT molecular complexity index is 831. The highest BCUT2D eigenvalue weighted by molar-refractivity contribution is 5.83. The molecule has 0 saturated heterocycles. The van der Waals surface area contributed by atoms with Crippen LogP contribution in [0, 0.1) is 0 Å². The van der Waals surface area contributed by atoms with E-state index in [1.54, 1.807) is 36.4 Å². The Morgan fingerprint density at radius 1 is 0.606 bits per heavy atom. The summed E-state index contributed by atoms with van der Waals surface area (Å²) in [6.07, 6.45) is 9.94. The second-order valence-electron chi connectivity index (χ2n) is 7.37. The third-order valence-electron chi connectivity index (χ3n) is 4.71. The van der Waals surface area contributed by atoms with Crippen LogP contribution in [0.25, 0.3) is 0 Å². The summed E-state index contributed by atoms with van der Waals surface area (Å²) in [6.45, 7) is 8.03. The monoisotopic (exact) mass is 452 g/mol. The van der Waals surface area contributed by atoms with Crippen molar-refractivity contribution < 1.29 is 28.5 Å². The van der Waals surface area contributed by atoms with Crippen LogP contribution in [0.3, 0.4) is 0 Å². The number of carbonyl (C=O) groups excluding carboxylic acids is 2. The SMILES string of the molecule is C=CC(=O)Oc1cccc(OCCCCCCCCCOc2cccc(OC(=O)C=C)c2)c1. The van der Waals surface area contributed by atoms with Gasteiger partial charge in [-0.1, -0.05) is 57.4 Å².